The van der Waals surface area contributed by atoms with E-state index in [0.717, 1.165) is 5.56 Å². The fraction of sp³-hybridized carbons (Fsp3) is 0.100. The minimum absolute atomic E-state index is 0.0815. The Hall–Kier alpha value is -3.54. The molecule has 2 N–H and O–H groups in total. The van der Waals surface area contributed by atoms with Crippen molar-refractivity contribution in [3.8, 4) is 5.75 Å². The van der Waals surface area contributed by atoms with Crippen LogP contribution in [0.2, 0.25) is 0 Å². The Bertz CT molecular complexity index is 886. The van der Waals surface area contributed by atoms with Crippen LogP contribution < -0.4 is 15.4 Å². The predicted molar refractivity (Wildman–Crippen MR) is 98.4 cm³/mol. The van der Waals surface area contributed by atoms with Gasteiger partial charge in [0, 0.05) is 11.4 Å². The summed E-state index contributed by atoms with van der Waals surface area (Å²) in [5.74, 6) is 0.313. The smallest absolute Gasteiger partial charge is 0.291 e. The minimum atomic E-state index is -0.335. The largest absolute Gasteiger partial charge is 0.483 e. The van der Waals surface area contributed by atoms with Gasteiger partial charge in [-0.05, 0) is 55.0 Å². The quantitative estimate of drug-likeness (QED) is 0.707. The summed E-state index contributed by atoms with van der Waals surface area (Å²) in [6.45, 7) is 1.84. The Balaban J connectivity index is 1.51. The number of carbonyl (C=O) groups excluding carboxylic acids is 2. The maximum absolute atomic E-state index is 12.0. The van der Waals surface area contributed by atoms with Crippen molar-refractivity contribution in [3.05, 3.63) is 78.3 Å². The van der Waals surface area contributed by atoms with E-state index in [9.17, 15) is 9.59 Å². The van der Waals surface area contributed by atoms with E-state index < -0.39 is 0 Å². The fourth-order valence-electron chi connectivity index (χ4n) is 2.30. The van der Waals surface area contributed by atoms with E-state index in [4.69, 9.17) is 9.15 Å². The minimum Gasteiger partial charge on any atom is -0.483 e. The first-order valence-electron chi connectivity index (χ1n) is 8.05. The van der Waals surface area contributed by atoms with Gasteiger partial charge in [0.15, 0.2) is 12.4 Å². The maximum Gasteiger partial charge on any atom is 0.291 e. The second-order valence-electron chi connectivity index (χ2n) is 5.61. The molecule has 2 aromatic carbocycles. The summed E-state index contributed by atoms with van der Waals surface area (Å²) in [6.07, 6.45) is 1.44. The van der Waals surface area contributed by atoms with Crippen LogP contribution in [-0.4, -0.2) is 18.4 Å². The molecule has 0 fully saturated rings. The summed E-state index contributed by atoms with van der Waals surface area (Å²) in [7, 11) is 0. The lowest BCUT2D eigenvalue weighted by molar-refractivity contribution is -0.118. The molecule has 1 heterocycles. The molecule has 0 unspecified atom stereocenters. The molecule has 0 saturated carbocycles. The molecule has 26 heavy (non-hydrogen) atoms. The highest BCUT2D eigenvalue weighted by atomic mass is 16.5. The molecule has 0 saturated heterocycles. The molecule has 2 amide bonds. The molecule has 0 aliphatic carbocycles. The van der Waals surface area contributed by atoms with Crippen LogP contribution in [0.25, 0.3) is 0 Å². The van der Waals surface area contributed by atoms with Crippen molar-refractivity contribution in [2.75, 3.05) is 17.2 Å². The standard InChI is InChI=1S/C20H18N2O4/c1-14-5-2-3-6-17(14)26-13-19(23)21-15-8-10-16(11-9-15)22-20(24)18-7-4-12-25-18/h2-12H,13H2,1H3,(H,21,23)(H,22,24). The number of amides is 2. The number of anilines is 2. The molecule has 0 radical (unpaired) electrons. The van der Waals surface area contributed by atoms with Gasteiger partial charge in [-0.15, -0.1) is 0 Å². The van der Waals surface area contributed by atoms with E-state index in [1.54, 1.807) is 36.4 Å². The number of aryl methyl sites for hydroxylation is 1. The number of benzene rings is 2. The predicted octanol–water partition coefficient (Wildman–Crippen LogP) is 3.86. The molecule has 6 nitrogen and oxygen atoms in total. The summed E-state index contributed by atoms with van der Waals surface area (Å²) in [6, 6.07) is 17.5. The third kappa shape index (κ3) is 4.51. The van der Waals surface area contributed by atoms with Gasteiger partial charge >= 0.3 is 0 Å². The number of rotatable bonds is 6. The summed E-state index contributed by atoms with van der Waals surface area (Å²) in [4.78, 5) is 23.9. The maximum atomic E-state index is 12.0. The van der Waals surface area contributed by atoms with Gasteiger partial charge in [0.1, 0.15) is 5.75 Å². The van der Waals surface area contributed by atoms with Crippen LogP contribution in [0.1, 0.15) is 16.1 Å². The lowest BCUT2D eigenvalue weighted by atomic mass is 10.2. The lowest BCUT2D eigenvalue weighted by Crippen LogP contribution is -2.20. The van der Waals surface area contributed by atoms with Gasteiger partial charge in [0.25, 0.3) is 11.8 Å². The van der Waals surface area contributed by atoms with Crippen molar-refractivity contribution in [2.24, 2.45) is 0 Å². The Morgan fingerprint density at radius 2 is 1.62 bits per heavy atom. The summed E-state index contributed by atoms with van der Waals surface area (Å²) in [5, 5.41) is 5.45. The van der Waals surface area contributed by atoms with Crippen LogP contribution in [0.5, 0.6) is 5.75 Å². The average molecular weight is 350 g/mol. The van der Waals surface area contributed by atoms with E-state index in [-0.39, 0.29) is 24.2 Å². The van der Waals surface area contributed by atoms with Crippen LogP contribution >= 0.6 is 0 Å². The van der Waals surface area contributed by atoms with Crippen molar-refractivity contribution in [1.29, 1.82) is 0 Å². The third-order valence-electron chi connectivity index (χ3n) is 3.62. The van der Waals surface area contributed by atoms with Crippen molar-refractivity contribution < 1.29 is 18.7 Å². The molecule has 6 heteroatoms. The zero-order valence-electron chi connectivity index (χ0n) is 14.2. The molecular weight excluding hydrogens is 332 g/mol. The van der Waals surface area contributed by atoms with Gasteiger partial charge in [0.05, 0.1) is 6.26 Å². The first kappa shape index (κ1) is 17.3. The number of ether oxygens (including phenoxy) is 1. The van der Waals surface area contributed by atoms with Crippen molar-refractivity contribution >= 4 is 23.2 Å². The highest BCUT2D eigenvalue weighted by molar-refractivity contribution is 6.02. The normalized spacial score (nSPS) is 10.2. The van der Waals surface area contributed by atoms with E-state index in [0.29, 0.717) is 17.1 Å². The van der Waals surface area contributed by atoms with Crippen LogP contribution in [0.15, 0.2) is 71.3 Å². The molecule has 0 atom stereocenters. The monoisotopic (exact) mass is 350 g/mol. The molecule has 3 aromatic rings. The summed E-state index contributed by atoms with van der Waals surface area (Å²) >= 11 is 0. The molecule has 0 bridgehead atoms. The number of furan rings is 1. The molecule has 0 aliphatic heterocycles. The Labute approximate surface area is 150 Å². The topological polar surface area (TPSA) is 80.6 Å². The number of nitrogens with one attached hydrogen (secondary N) is 2. The van der Waals surface area contributed by atoms with Crippen LogP contribution in [0.4, 0.5) is 11.4 Å². The number of carbonyl (C=O) groups is 2. The van der Waals surface area contributed by atoms with Crippen molar-refractivity contribution in [1.82, 2.24) is 0 Å². The zero-order chi connectivity index (χ0) is 18.4. The van der Waals surface area contributed by atoms with E-state index in [1.165, 1.54) is 6.26 Å². The first-order chi connectivity index (χ1) is 12.6. The SMILES string of the molecule is Cc1ccccc1OCC(=O)Nc1ccc(NC(=O)c2ccco2)cc1. The van der Waals surface area contributed by atoms with Crippen molar-refractivity contribution in [3.63, 3.8) is 0 Å². The Morgan fingerprint density at radius 1 is 0.923 bits per heavy atom. The average Bonchev–Trinajstić information content (AvgIpc) is 3.17. The molecular formula is C20H18N2O4. The van der Waals surface area contributed by atoms with Crippen LogP contribution in [0.3, 0.4) is 0 Å². The lowest BCUT2D eigenvalue weighted by Gasteiger charge is -2.10. The van der Waals surface area contributed by atoms with Crippen LogP contribution in [-0.2, 0) is 4.79 Å². The van der Waals surface area contributed by atoms with Gasteiger partial charge in [-0.2, -0.15) is 0 Å². The Morgan fingerprint density at radius 3 is 2.27 bits per heavy atom. The van der Waals surface area contributed by atoms with Gasteiger partial charge in [-0.25, -0.2) is 0 Å². The second-order valence-corrected chi connectivity index (χ2v) is 5.61. The first-order valence-corrected chi connectivity index (χ1v) is 8.05. The van der Waals surface area contributed by atoms with Gasteiger partial charge < -0.3 is 19.8 Å². The molecule has 1 aromatic heterocycles. The third-order valence-corrected chi connectivity index (χ3v) is 3.62. The molecule has 3 rings (SSSR count). The van der Waals surface area contributed by atoms with Gasteiger partial charge in [-0.3, -0.25) is 9.59 Å². The highest BCUT2D eigenvalue weighted by Crippen LogP contribution is 2.17. The van der Waals surface area contributed by atoms with E-state index in [1.807, 2.05) is 31.2 Å². The van der Waals surface area contributed by atoms with E-state index >= 15 is 0 Å². The highest BCUT2D eigenvalue weighted by Gasteiger charge is 2.09. The van der Waals surface area contributed by atoms with Crippen molar-refractivity contribution in [2.45, 2.75) is 6.92 Å². The molecule has 0 spiro atoms. The number of hydrogen-bond acceptors (Lipinski definition) is 4. The summed E-state index contributed by atoms with van der Waals surface area (Å²) in [5.41, 5.74) is 2.18. The van der Waals surface area contributed by atoms with Gasteiger partial charge in [-0.1, -0.05) is 18.2 Å². The zero-order valence-corrected chi connectivity index (χ0v) is 14.2. The second kappa shape index (κ2) is 8.02. The van der Waals surface area contributed by atoms with Gasteiger partial charge in [0.2, 0.25) is 0 Å². The fourth-order valence-corrected chi connectivity index (χ4v) is 2.30. The van der Waals surface area contributed by atoms with E-state index in [2.05, 4.69) is 10.6 Å². The summed E-state index contributed by atoms with van der Waals surface area (Å²) < 4.78 is 10.5. The Kier molecular flexibility index (Phi) is 5.34. The number of hydrogen-bond donors (Lipinski definition) is 2. The van der Waals surface area contributed by atoms with Crippen LogP contribution in [0, 0.1) is 6.92 Å². The molecule has 132 valence electrons. The molecule has 0 aliphatic rings. The number of para-hydroxylation sites is 1.